The second kappa shape index (κ2) is 9.75. The molecule has 1 saturated heterocycles. The quantitative estimate of drug-likeness (QED) is 0.398. The normalized spacial score (nSPS) is 15.3. The lowest BCUT2D eigenvalue weighted by atomic mass is 10.0. The second-order valence-electron chi connectivity index (χ2n) is 8.09. The van der Waals surface area contributed by atoms with Gasteiger partial charge < -0.3 is 9.64 Å². The van der Waals surface area contributed by atoms with E-state index in [4.69, 9.17) is 26.3 Å². The Kier molecular flexibility index (Phi) is 6.38. The molecule has 0 radical (unpaired) electrons. The number of carbonyl (C=O) groups is 1. The molecule has 0 bridgehead atoms. The topological polar surface area (TPSA) is 71.5 Å². The van der Waals surface area contributed by atoms with Crippen molar-refractivity contribution in [2.75, 3.05) is 38.2 Å². The summed E-state index contributed by atoms with van der Waals surface area (Å²) in [6.07, 6.45) is 3.49. The highest BCUT2D eigenvalue weighted by molar-refractivity contribution is 6.31. The van der Waals surface area contributed by atoms with Gasteiger partial charge in [0, 0.05) is 54.5 Å². The fraction of sp³-hybridized carbons (Fsp3) is 0.231. The first kappa shape index (κ1) is 22.3. The van der Waals surface area contributed by atoms with Crippen LogP contribution in [0.1, 0.15) is 11.6 Å². The SMILES string of the molecule is COC(=O)C(c1ccccc1Cl)N1CCN(c2nc(-c3ccncc3)nc3ccccc23)CC1. The largest absolute Gasteiger partial charge is 0.468 e. The van der Waals surface area contributed by atoms with Crippen LogP contribution in [0.3, 0.4) is 0 Å². The van der Waals surface area contributed by atoms with E-state index >= 15 is 0 Å². The van der Waals surface area contributed by atoms with Gasteiger partial charge >= 0.3 is 5.97 Å². The summed E-state index contributed by atoms with van der Waals surface area (Å²) in [4.78, 5) is 30.9. The van der Waals surface area contributed by atoms with Gasteiger partial charge in [-0.25, -0.2) is 14.8 Å². The number of para-hydroxylation sites is 1. The van der Waals surface area contributed by atoms with E-state index in [1.807, 2.05) is 54.6 Å². The first-order valence-electron chi connectivity index (χ1n) is 11.1. The Hall–Kier alpha value is -3.55. The maximum Gasteiger partial charge on any atom is 0.327 e. The number of anilines is 1. The minimum atomic E-state index is -0.546. The summed E-state index contributed by atoms with van der Waals surface area (Å²) in [5.41, 5.74) is 2.58. The van der Waals surface area contributed by atoms with Gasteiger partial charge in [0.05, 0.1) is 12.6 Å². The van der Waals surface area contributed by atoms with E-state index < -0.39 is 6.04 Å². The average molecular weight is 474 g/mol. The molecule has 5 rings (SSSR count). The number of pyridine rings is 1. The summed E-state index contributed by atoms with van der Waals surface area (Å²) < 4.78 is 5.13. The summed E-state index contributed by atoms with van der Waals surface area (Å²) in [5.74, 6) is 1.25. The zero-order valence-corrected chi connectivity index (χ0v) is 19.5. The van der Waals surface area contributed by atoms with Gasteiger partial charge in [-0.2, -0.15) is 0 Å². The first-order valence-corrected chi connectivity index (χ1v) is 11.5. The van der Waals surface area contributed by atoms with Crippen molar-refractivity contribution in [3.05, 3.63) is 83.6 Å². The fourth-order valence-corrected chi connectivity index (χ4v) is 4.64. The summed E-state index contributed by atoms with van der Waals surface area (Å²) in [7, 11) is 1.41. The molecule has 0 saturated carbocycles. The lowest BCUT2D eigenvalue weighted by molar-refractivity contribution is -0.147. The average Bonchev–Trinajstić information content (AvgIpc) is 2.90. The number of carbonyl (C=O) groups excluding carboxylic acids is 1. The summed E-state index contributed by atoms with van der Waals surface area (Å²) >= 11 is 6.44. The van der Waals surface area contributed by atoms with Crippen LogP contribution in [-0.2, 0) is 9.53 Å². The van der Waals surface area contributed by atoms with Gasteiger partial charge in [0.25, 0.3) is 0 Å². The second-order valence-corrected chi connectivity index (χ2v) is 8.50. The predicted octanol–water partition coefficient (Wildman–Crippen LogP) is 4.38. The molecule has 2 aromatic carbocycles. The van der Waals surface area contributed by atoms with Crippen molar-refractivity contribution < 1.29 is 9.53 Å². The van der Waals surface area contributed by atoms with Crippen LogP contribution in [0.15, 0.2) is 73.1 Å². The molecule has 1 aliphatic heterocycles. The lowest BCUT2D eigenvalue weighted by Crippen LogP contribution is -2.49. The number of piperazine rings is 1. The van der Waals surface area contributed by atoms with Gasteiger partial charge in [-0.05, 0) is 35.9 Å². The molecule has 1 atom stereocenters. The Bertz CT molecular complexity index is 1310. The third kappa shape index (κ3) is 4.32. The van der Waals surface area contributed by atoms with Crippen molar-refractivity contribution >= 4 is 34.3 Å². The van der Waals surface area contributed by atoms with Crippen molar-refractivity contribution in [2.45, 2.75) is 6.04 Å². The van der Waals surface area contributed by atoms with Crippen molar-refractivity contribution in [3.8, 4) is 11.4 Å². The highest BCUT2D eigenvalue weighted by Crippen LogP contribution is 2.32. The number of fused-ring (bicyclic) bond motifs is 1. The van der Waals surface area contributed by atoms with E-state index in [0.717, 1.165) is 27.8 Å². The van der Waals surface area contributed by atoms with E-state index in [9.17, 15) is 4.79 Å². The Labute approximate surface area is 203 Å². The number of aromatic nitrogens is 3. The van der Waals surface area contributed by atoms with Crippen molar-refractivity contribution in [2.24, 2.45) is 0 Å². The molecule has 34 heavy (non-hydrogen) atoms. The van der Waals surface area contributed by atoms with Crippen molar-refractivity contribution in [1.82, 2.24) is 19.9 Å². The van der Waals surface area contributed by atoms with Crippen LogP contribution in [0.5, 0.6) is 0 Å². The van der Waals surface area contributed by atoms with Gasteiger partial charge in [0.2, 0.25) is 0 Å². The van der Waals surface area contributed by atoms with Crippen LogP contribution >= 0.6 is 11.6 Å². The molecule has 0 aliphatic carbocycles. The van der Waals surface area contributed by atoms with E-state index in [1.165, 1.54) is 7.11 Å². The molecule has 2 aromatic heterocycles. The summed E-state index contributed by atoms with van der Waals surface area (Å²) in [6, 6.07) is 18.8. The highest BCUT2D eigenvalue weighted by atomic mass is 35.5. The van der Waals surface area contributed by atoms with Gasteiger partial charge in [-0.1, -0.05) is 41.9 Å². The summed E-state index contributed by atoms with van der Waals surface area (Å²) in [6.45, 7) is 2.73. The van der Waals surface area contributed by atoms with Crippen LogP contribution in [0.25, 0.3) is 22.3 Å². The molecular weight excluding hydrogens is 450 g/mol. The van der Waals surface area contributed by atoms with Gasteiger partial charge in [-0.3, -0.25) is 9.88 Å². The van der Waals surface area contributed by atoms with Gasteiger partial charge in [-0.15, -0.1) is 0 Å². The maximum atomic E-state index is 12.7. The molecule has 7 nitrogen and oxygen atoms in total. The number of ether oxygens (including phenoxy) is 1. The van der Waals surface area contributed by atoms with Crippen LogP contribution in [0, 0.1) is 0 Å². The predicted molar refractivity (Wildman–Crippen MR) is 133 cm³/mol. The first-order chi connectivity index (χ1) is 16.7. The van der Waals surface area contributed by atoms with E-state index in [1.54, 1.807) is 18.5 Å². The molecule has 8 heteroatoms. The molecule has 1 aliphatic rings. The Morgan fingerprint density at radius 3 is 2.38 bits per heavy atom. The number of benzene rings is 2. The van der Waals surface area contributed by atoms with E-state index in [-0.39, 0.29) is 5.97 Å². The minimum absolute atomic E-state index is 0.311. The Balaban J connectivity index is 1.45. The molecule has 0 spiro atoms. The third-order valence-corrected chi connectivity index (χ3v) is 6.47. The van der Waals surface area contributed by atoms with E-state index in [2.05, 4.69) is 14.8 Å². The molecular formula is C26H24ClN5O2. The molecule has 0 amide bonds. The van der Waals surface area contributed by atoms with Gasteiger partial charge in [0.15, 0.2) is 5.82 Å². The third-order valence-electron chi connectivity index (χ3n) is 6.12. The number of hydrogen-bond acceptors (Lipinski definition) is 7. The minimum Gasteiger partial charge on any atom is -0.468 e. The zero-order valence-electron chi connectivity index (χ0n) is 18.8. The van der Waals surface area contributed by atoms with Crippen LogP contribution in [-0.4, -0.2) is 59.1 Å². The van der Waals surface area contributed by atoms with Crippen LogP contribution in [0.2, 0.25) is 5.02 Å². The van der Waals surface area contributed by atoms with Crippen molar-refractivity contribution in [3.63, 3.8) is 0 Å². The monoisotopic (exact) mass is 473 g/mol. The van der Waals surface area contributed by atoms with Gasteiger partial charge in [0.1, 0.15) is 11.9 Å². The number of esters is 1. The molecule has 4 aromatic rings. The standard InChI is InChI=1S/C26H24ClN5O2/c1-34-26(33)23(19-6-2-4-8-21(19)27)31-14-16-32(17-15-31)25-20-7-3-5-9-22(20)29-24(30-25)18-10-12-28-13-11-18/h2-13,23H,14-17H2,1H3. The molecule has 1 fully saturated rings. The molecule has 172 valence electrons. The fourth-order valence-electron chi connectivity index (χ4n) is 4.40. The maximum absolute atomic E-state index is 12.7. The number of halogens is 1. The Morgan fingerprint density at radius 2 is 1.65 bits per heavy atom. The molecule has 0 N–H and O–H groups in total. The van der Waals surface area contributed by atoms with E-state index in [0.29, 0.717) is 37.0 Å². The number of nitrogens with zero attached hydrogens (tertiary/aromatic N) is 5. The number of methoxy groups -OCH3 is 1. The van der Waals surface area contributed by atoms with Crippen LogP contribution < -0.4 is 4.90 Å². The van der Waals surface area contributed by atoms with Crippen molar-refractivity contribution in [1.29, 1.82) is 0 Å². The molecule has 3 heterocycles. The highest BCUT2D eigenvalue weighted by Gasteiger charge is 2.33. The van der Waals surface area contributed by atoms with Crippen LogP contribution in [0.4, 0.5) is 5.82 Å². The lowest BCUT2D eigenvalue weighted by Gasteiger charge is -2.39. The molecule has 1 unspecified atom stereocenters. The number of rotatable bonds is 5. The number of hydrogen-bond donors (Lipinski definition) is 0. The zero-order chi connectivity index (χ0) is 23.5. The smallest absolute Gasteiger partial charge is 0.327 e. The summed E-state index contributed by atoms with van der Waals surface area (Å²) in [5, 5.41) is 1.56. The Morgan fingerprint density at radius 1 is 0.941 bits per heavy atom.